The van der Waals surface area contributed by atoms with E-state index in [1.807, 2.05) is 18.3 Å². The highest BCUT2D eigenvalue weighted by Crippen LogP contribution is 2.37. The summed E-state index contributed by atoms with van der Waals surface area (Å²) >= 11 is 0. The van der Waals surface area contributed by atoms with Gasteiger partial charge in [-0.25, -0.2) is 4.98 Å². The van der Waals surface area contributed by atoms with Gasteiger partial charge in [0.25, 0.3) is 0 Å². The Hall–Kier alpha value is -2.10. The molecule has 1 saturated carbocycles. The molecule has 2 aromatic heterocycles. The summed E-state index contributed by atoms with van der Waals surface area (Å²) in [5, 5.41) is 1.15. The summed E-state index contributed by atoms with van der Waals surface area (Å²) in [6.07, 6.45) is 6.82. The predicted octanol–water partition coefficient (Wildman–Crippen LogP) is 3.92. The lowest BCUT2D eigenvalue weighted by atomic mass is 9.87. The molecule has 1 aromatic carbocycles. The van der Waals surface area contributed by atoms with Crippen LogP contribution in [0.5, 0.6) is 0 Å². The Kier molecular flexibility index (Phi) is 2.84. The third kappa shape index (κ3) is 1.97. The maximum absolute atomic E-state index is 6.24. The van der Waals surface area contributed by atoms with Gasteiger partial charge in [-0.2, -0.15) is 0 Å². The van der Waals surface area contributed by atoms with Crippen molar-refractivity contribution in [2.45, 2.75) is 38.6 Å². The number of imidazole rings is 1. The van der Waals surface area contributed by atoms with E-state index in [4.69, 9.17) is 5.73 Å². The van der Waals surface area contributed by atoms with E-state index in [2.05, 4.69) is 33.6 Å². The topological polar surface area (TPSA) is 56.7 Å². The second kappa shape index (κ2) is 4.72. The summed E-state index contributed by atoms with van der Waals surface area (Å²) in [4.78, 5) is 9.03. The highest BCUT2D eigenvalue weighted by molar-refractivity contribution is 6.03. The van der Waals surface area contributed by atoms with Crippen molar-refractivity contribution in [1.29, 1.82) is 0 Å². The van der Waals surface area contributed by atoms with E-state index in [0.29, 0.717) is 12.0 Å². The fraction of sp³-hybridized carbons (Fsp3) is 0.412. The van der Waals surface area contributed by atoms with E-state index in [1.165, 1.54) is 25.7 Å². The maximum Gasteiger partial charge on any atom is 0.201 e. The number of fused-ring (bicyclic) bond motifs is 3. The molecule has 0 bridgehead atoms. The lowest BCUT2D eigenvalue weighted by Gasteiger charge is -2.29. The molecule has 4 heteroatoms. The van der Waals surface area contributed by atoms with Gasteiger partial charge in [0.05, 0.1) is 17.2 Å². The molecule has 0 aliphatic heterocycles. The number of hydrogen-bond acceptors (Lipinski definition) is 3. The third-order valence-electron chi connectivity index (χ3n) is 4.72. The highest BCUT2D eigenvalue weighted by atomic mass is 15.2. The lowest BCUT2D eigenvalue weighted by molar-refractivity contribution is 0.289. The maximum atomic E-state index is 6.24. The number of nitrogens with zero attached hydrogens (tertiary/aromatic N) is 3. The van der Waals surface area contributed by atoms with Gasteiger partial charge in [-0.15, -0.1) is 0 Å². The Bertz CT molecular complexity index is 805. The molecule has 2 heterocycles. The van der Waals surface area contributed by atoms with Gasteiger partial charge in [0.2, 0.25) is 5.95 Å². The molecule has 2 atom stereocenters. The molecule has 1 aliphatic rings. The molecular formula is C17H20N4. The van der Waals surface area contributed by atoms with Crippen LogP contribution in [0.15, 0.2) is 30.5 Å². The van der Waals surface area contributed by atoms with Crippen molar-refractivity contribution in [3.63, 3.8) is 0 Å². The minimum Gasteiger partial charge on any atom is -0.369 e. The van der Waals surface area contributed by atoms with E-state index < -0.39 is 0 Å². The second-order valence-corrected chi connectivity index (χ2v) is 6.27. The van der Waals surface area contributed by atoms with Crippen molar-refractivity contribution in [2.24, 2.45) is 5.92 Å². The highest BCUT2D eigenvalue weighted by Gasteiger charge is 2.24. The van der Waals surface area contributed by atoms with Crippen LogP contribution in [0.2, 0.25) is 0 Å². The van der Waals surface area contributed by atoms with Gasteiger partial charge in [-0.05, 0) is 24.8 Å². The van der Waals surface area contributed by atoms with Crippen LogP contribution in [0.4, 0.5) is 5.95 Å². The van der Waals surface area contributed by atoms with Crippen molar-refractivity contribution in [2.75, 3.05) is 5.73 Å². The van der Waals surface area contributed by atoms with Crippen LogP contribution in [0, 0.1) is 5.92 Å². The van der Waals surface area contributed by atoms with Gasteiger partial charge in [0.1, 0.15) is 5.52 Å². The number of pyridine rings is 1. The van der Waals surface area contributed by atoms with Crippen molar-refractivity contribution in [3.05, 3.63) is 30.5 Å². The molecule has 2 N–H and O–H groups in total. The zero-order valence-corrected chi connectivity index (χ0v) is 12.3. The summed E-state index contributed by atoms with van der Waals surface area (Å²) in [5.74, 6) is 1.39. The third-order valence-corrected chi connectivity index (χ3v) is 4.72. The smallest absolute Gasteiger partial charge is 0.201 e. The van der Waals surface area contributed by atoms with Crippen LogP contribution in [0.25, 0.3) is 21.9 Å². The second-order valence-electron chi connectivity index (χ2n) is 6.27. The van der Waals surface area contributed by atoms with Gasteiger partial charge in [0, 0.05) is 11.4 Å². The Labute approximate surface area is 124 Å². The Morgan fingerprint density at radius 2 is 2.05 bits per heavy atom. The minimum absolute atomic E-state index is 0.463. The number of aromatic nitrogens is 3. The molecule has 0 saturated heterocycles. The number of para-hydroxylation sites is 1. The first-order chi connectivity index (χ1) is 10.2. The number of benzene rings is 1. The normalized spacial score (nSPS) is 22.9. The average molecular weight is 280 g/mol. The average Bonchev–Trinajstić information content (AvgIpc) is 2.83. The molecule has 0 radical (unpaired) electrons. The summed E-state index contributed by atoms with van der Waals surface area (Å²) < 4.78 is 2.26. The number of rotatable bonds is 1. The first kappa shape index (κ1) is 12.6. The Morgan fingerprint density at radius 3 is 2.90 bits per heavy atom. The molecule has 4 nitrogen and oxygen atoms in total. The van der Waals surface area contributed by atoms with Gasteiger partial charge in [-0.3, -0.25) is 4.98 Å². The number of nitrogen functional groups attached to an aromatic ring is 1. The molecule has 0 amide bonds. The summed E-state index contributed by atoms with van der Waals surface area (Å²) in [6, 6.07) is 8.71. The Balaban J connectivity index is 1.98. The fourth-order valence-corrected chi connectivity index (χ4v) is 3.75. The molecule has 1 aliphatic carbocycles. The van der Waals surface area contributed by atoms with Crippen molar-refractivity contribution < 1.29 is 0 Å². The Morgan fingerprint density at radius 1 is 1.19 bits per heavy atom. The first-order valence-corrected chi connectivity index (χ1v) is 7.75. The van der Waals surface area contributed by atoms with Gasteiger partial charge in [0.15, 0.2) is 0 Å². The zero-order chi connectivity index (χ0) is 14.4. The van der Waals surface area contributed by atoms with Crippen LogP contribution in [-0.4, -0.2) is 14.5 Å². The fourth-order valence-electron chi connectivity index (χ4n) is 3.75. The molecule has 3 aromatic rings. The van der Waals surface area contributed by atoms with Gasteiger partial charge < -0.3 is 10.3 Å². The monoisotopic (exact) mass is 280 g/mol. The summed E-state index contributed by atoms with van der Waals surface area (Å²) in [6.45, 7) is 2.33. The van der Waals surface area contributed by atoms with E-state index >= 15 is 0 Å². The standard InChI is InChI=1S/C17H20N4/c1-11-5-4-6-12(9-11)21-16-13-7-2-3-8-14(13)19-10-15(16)20-17(21)18/h2-3,7-8,10-12H,4-6,9H2,1H3,(H2,18,20). The SMILES string of the molecule is CC1CCCC(n2c(N)nc3cnc4ccccc4c32)C1. The number of hydrogen-bond donors (Lipinski definition) is 1. The van der Waals surface area contributed by atoms with Crippen LogP contribution >= 0.6 is 0 Å². The number of anilines is 1. The van der Waals surface area contributed by atoms with E-state index in [0.717, 1.165) is 27.9 Å². The van der Waals surface area contributed by atoms with E-state index in [-0.39, 0.29) is 0 Å². The molecule has 108 valence electrons. The van der Waals surface area contributed by atoms with Crippen molar-refractivity contribution in [3.8, 4) is 0 Å². The molecule has 1 fully saturated rings. The quantitative estimate of drug-likeness (QED) is 0.735. The minimum atomic E-state index is 0.463. The molecule has 2 unspecified atom stereocenters. The largest absolute Gasteiger partial charge is 0.369 e. The van der Waals surface area contributed by atoms with Gasteiger partial charge >= 0.3 is 0 Å². The molecule has 21 heavy (non-hydrogen) atoms. The first-order valence-electron chi connectivity index (χ1n) is 7.75. The molecule has 0 spiro atoms. The van der Waals surface area contributed by atoms with Crippen LogP contribution in [0.1, 0.15) is 38.6 Å². The van der Waals surface area contributed by atoms with E-state index in [1.54, 1.807) is 0 Å². The van der Waals surface area contributed by atoms with Gasteiger partial charge in [-0.1, -0.05) is 38.0 Å². The van der Waals surface area contributed by atoms with Crippen LogP contribution < -0.4 is 5.73 Å². The molecular weight excluding hydrogens is 260 g/mol. The summed E-state index contributed by atoms with van der Waals surface area (Å²) in [7, 11) is 0. The predicted molar refractivity (Wildman–Crippen MR) is 86.1 cm³/mol. The summed E-state index contributed by atoms with van der Waals surface area (Å²) in [5.41, 5.74) is 9.31. The zero-order valence-electron chi connectivity index (χ0n) is 12.3. The van der Waals surface area contributed by atoms with Crippen LogP contribution in [-0.2, 0) is 0 Å². The number of nitrogens with two attached hydrogens (primary N) is 1. The lowest BCUT2D eigenvalue weighted by Crippen LogP contribution is -2.19. The van der Waals surface area contributed by atoms with E-state index in [9.17, 15) is 0 Å². The van der Waals surface area contributed by atoms with Crippen molar-refractivity contribution in [1.82, 2.24) is 14.5 Å². The van der Waals surface area contributed by atoms with Crippen LogP contribution in [0.3, 0.4) is 0 Å². The van der Waals surface area contributed by atoms with Crippen molar-refractivity contribution >= 4 is 27.9 Å². The molecule has 4 rings (SSSR count).